The van der Waals surface area contributed by atoms with E-state index in [2.05, 4.69) is 0 Å². The van der Waals surface area contributed by atoms with Gasteiger partial charge in [-0.2, -0.15) is 0 Å². The molecule has 136 valence electrons. The van der Waals surface area contributed by atoms with Crippen LogP contribution in [0.15, 0.2) is 42.5 Å². The lowest BCUT2D eigenvalue weighted by Gasteiger charge is -2.34. The summed E-state index contributed by atoms with van der Waals surface area (Å²) in [6.07, 6.45) is -0.516. The van der Waals surface area contributed by atoms with Crippen LogP contribution in [0.25, 0.3) is 10.8 Å². The Morgan fingerprint density at radius 2 is 1.50 bits per heavy atom. The van der Waals surface area contributed by atoms with E-state index in [4.69, 9.17) is 9.84 Å². The van der Waals surface area contributed by atoms with E-state index in [9.17, 15) is 14.4 Å². The lowest BCUT2D eigenvalue weighted by Crippen LogP contribution is -2.51. The second-order valence-electron chi connectivity index (χ2n) is 6.10. The van der Waals surface area contributed by atoms with Gasteiger partial charge in [0.1, 0.15) is 12.2 Å². The van der Waals surface area contributed by atoms with Gasteiger partial charge >= 0.3 is 5.97 Å². The number of carboxylic acids is 1. The summed E-state index contributed by atoms with van der Waals surface area (Å²) in [7, 11) is 0. The first-order chi connectivity index (χ1) is 12.5. The minimum Gasteiger partial charge on any atom is -0.483 e. The number of amides is 2. The highest BCUT2D eigenvalue weighted by Crippen LogP contribution is 2.25. The molecule has 0 radical (unpaired) electrons. The van der Waals surface area contributed by atoms with Gasteiger partial charge in [-0.15, -0.1) is 0 Å². The number of hydrogen-bond donors (Lipinski definition) is 1. The Morgan fingerprint density at radius 3 is 2.19 bits per heavy atom. The van der Waals surface area contributed by atoms with Crippen LogP contribution in [0.3, 0.4) is 0 Å². The topological polar surface area (TPSA) is 87.2 Å². The number of rotatable bonds is 5. The second-order valence-corrected chi connectivity index (χ2v) is 6.10. The molecule has 1 aliphatic rings. The van der Waals surface area contributed by atoms with Crippen LogP contribution in [-0.2, 0) is 14.4 Å². The lowest BCUT2D eigenvalue weighted by atomic mass is 10.1. The zero-order chi connectivity index (χ0) is 18.5. The number of aliphatic carboxylic acids is 1. The van der Waals surface area contributed by atoms with E-state index in [-0.39, 0.29) is 12.5 Å². The molecule has 7 nitrogen and oxygen atoms in total. The van der Waals surface area contributed by atoms with Crippen LogP contribution in [-0.4, -0.2) is 65.5 Å². The molecule has 1 N–H and O–H groups in total. The Kier molecular flexibility index (Phi) is 5.36. The maximum atomic E-state index is 12.4. The Bertz CT molecular complexity index is 822. The van der Waals surface area contributed by atoms with Crippen LogP contribution in [0.5, 0.6) is 5.75 Å². The van der Waals surface area contributed by atoms with Gasteiger partial charge in [0.05, 0.1) is 0 Å². The number of carbonyl (C=O) groups excluding carboxylic acids is 2. The Balaban J connectivity index is 1.53. The quantitative estimate of drug-likeness (QED) is 0.818. The largest absolute Gasteiger partial charge is 0.483 e. The van der Waals surface area contributed by atoms with Gasteiger partial charge in [0, 0.05) is 31.6 Å². The SMILES string of the molecule is O=C(O)CC(=O)N1CCN(C(=O)COc2cccc3ccccc23)CC1. The minimum absolute atomic E-state index is 0.0723. The predicted octanol–water partition coefficient (Wildman–Crippen LogP) is 1.36. The Hall–Kier alpha value is -3.09. The molecule has 2 aromatic rings. The van der Waals surface area contributed by atoms with Gasteiger partial charge in [-0.1, -0.05) is 36.4 Å². The van der Waals surface area contributed by atoms with E-state index in [0.717, 1.165) is 10.8 Å². The van der Waals surface area contributed by atoms with Gasteiger partial charge < -0.3 is 19.6 Å². The van der Waals surface area contributed by atoms with Crippen molar-refractivity contribution in [2.45, 2.75) is 6.42 Å². The number of benzene rings is 2. The molecule has 0 aromatic heterocycles. The highest BCUT2D eigenvalue weighted by atomic mass is 16.5. The summed E-state index contributed by atoms with van der Waals surface area (Å²) in [4.78, 5) is 37.8. The smallest absolute Gasteiger partial charge is 0.312 e. The van der Waals surface area contributed by atoms with Crippen LogP contribution in [0.1, 0.15) is 6.42 Å². The molecule has 2 aromatic carbocycles. The summed E-state index contributed by atoms with van der Waals surface area (Å²) in [6.45, 7) is 1.36. The third kappa shape index (κ3) is 4.11. The molecule has 7 heteroatoms. The number of fused-ring (bicyclic) bond motifs is 1. The van der Waals surface area contributed by atoms with Crippen molar-refractivity contribution in [3.8, 4) is 5.75 Å². The number of piperazine rings is 1. The van der Waals surface area contributed by atoms with Crippen molar-refractivity contribution < 1.29 is 24.2 Å². The van der Waals surface area contributed by atoms with Gasteiger partial charge in [-0.3, -0.25) is 14.4 Å². The van der Waals surface area contributed by atoms with Crippen LogP contribution < -0.4 is 4.74 Å². The van der Waals surface area contributed by atoms with Crippen LogP contribution in [0.4, 0.5) is 0 Å². The average Bonchev–Trinajstić information content (AvgIpc) is 2.65. The predicted molar refractivity (Wildman–Crippen MR) is 94.9 cm³/mol. The van der Waals surface area contributed by atoms with Crippen LogP contribution in [0.2, 0.25) is 0 Å². The molecule has 0 atom stereocenters. The van der Waals surface area contributed by atoms with E-state index in [1.807, 2.05) is 42.5 Å². The lowest BCUT2D eigenvalue weighted by molar-refractivity contribution is -0.147. The van der Waals surface area contributed by atoms with E-state index in [1.54, 1.807) is 4.90 Å². The Labute approximate surface area is 150 Å². The zero-order valence-electron chi connectivity index (χ0n) is 14.3. The molecule has 2 amide bonds. The highest BCUT2D eigenvalue weighted by Gasteiger charge is 2.25. The molecule has 0 aliphatic carbocycles. The van der Waals surface area contributed by atoms with Gasteiger partial charge in [0.15, 0.2) is 6.61 Å². The molecule has 0 spiro atoms. The van der Waals surface area contributed by atoms with Gasteiger partial charge in [0.2, 0.25) is 5.91 Å². The highest BCUT2D eigenvalue weighted by molar-refractivity contribution is 5.93. The molecule has 1 fully saturated rings. The number of carboxylic acid groups (broad SMARTS) is 1. The van der Waals surface area contributed by atoms with Crippen molar-refractivity contribution in [1.29, 1.82) is 0 Å². The number of carbonyl (C=O) groups is 3. The summed E-state index contributed by atoms with van der Waals surface area (Å²) in [5.74, 6) is -1.05. The Morgan fingerprint density at radius 1 is 0.885 bits per heavy atom. The monoisotopic (exact) mass is 356 g/mol. The molecule has 26 heavy (non-hydrogen) atoms. The minimum atomic E-state index is -1.14. The maximum Gasteiger partial charge on any atom is 0.312 e. The van der Waals surface area contributed by atoms with Crippen LogP contribution in [0, 0.1) is 0 Å². The molecule has 0 bridgehead atoms. The third-order valence-electron chi connectivity index (χ3n) is 4.39. The van der Waals surface area contributed by atoms with Gasteiger partial charge in [-0.25, -0.2) is 0 Å². The first-order valence-corrected chi connectivity index (χ1v) is 8.42. The summed E-state index contributed by atoms with van der Waals surface area (Å²) < 4.78 is 5.71. The van der Waals surface area contributed by atoms with Gasteiger partial charge in [0.25, 0.3) is 5.91 Å². The molecule has 1 aliphatic heterocycles. The number of ether oxygens (including phenoxy) is 1. The third-order valence-corrected chi connectivity index (χ3v) is 4.39. The molecule has 3 rings (SSSR count). The molecule has 1 saturated heterocycles. The standard InChI is InChI=1S/C19H20N2O5/c22-17(12-19(24)25)20-8-10-21(11-9-20)18(23)13-26-16-7-3-5-14-4-1-2-6-15(14)16/h1-7H,8-13H2,(H,24,25). The fourth-order valence-corrected chi connectivity index (χ4v) is 3.00. The summed E-state index contributed by atoms with van der Waals surface area (Å²) in [6, 6.07) is 13.5. The van der Waals surface area contributed by atoms with Crippen molar-refractivity contribution in [2.75, 3.05) is 32.8 Å². The average molecular weight is 356 g/mol. The molecule has 1 heterocycles. The van der Waals surface area contributed by atoms with Crippen molar-refractivity contribution in [1.82, 2.24) is 9.80 Å². The molecular weight excluding hydrogens is 336 g/mol. The fourth-order valence-electron chi connectivity index (χ4n) is 3.00. The van der Waals surface area contributed by atoms with Gasteiger partial charge in [-0.05, 0) is 11.5 Å². The van der Waals surface area contributed by atoms with Crippen molar-refractivity contribution >= 4 is 28.6 Å². The van der Waals surface area contributed by atoms with E-state index >= 15 is 0 Å². The fraction of sp³-hybridized carbons (Fsp3) is 0.316. The van der Waals surface area contributed by atoms with E-state index in [1.165, 1.54) is 4.90 Å². The summed E-state index contributed by atoms with van der Waals surface area (Å²) in [5.41, 5.74) is 0. The number of nitrogens with zero attached hydrogens (tertiary/aromatic N) is 2. The first kappa shape index (κ1) is 17.7. The van der Waals surface area contributed by atoms with Crippen molar-refractivity contribution in [3.63, 3.8) is 0 Å². The van der Waals surface area contributed by atoms with Crippen molar-refractivity contribution in [3.05, 3.63) is 42.5 Å². The normalized spacial score (nSPS) is 14.3. The molecular formula is C19H20N2O5. The van der Waals surface area contributed by atoms with Crippen molar-refractivity contribution in [2.24, 2.45) is 0 Å². The molecule has 0 unspecified atom stereocenters. The number of hydrogen-bond acceptors (Lipinski definition) is 4. The second kappa shape index (κ2) is 7.86. The summed E-state index contributed by atoms with van der Waals surface area (Å²) in [5, 5.41) is 10.7. The van der Waals surface area contributed by atoms with Crippen LogP contribution >= 0.6 is 0 Å². The first-order valence-electron chi connectivity index (χ1n) is 8.42. The molecule has 0 saturated carbocycles. The summed E-state index contributed by atoms with van der Waals surface area (Å²) >= 11 is 0. The zero-order valence-corrected chi connectivity index (χ0v) is 14.3. The van der Waals surface area contributed by atoms with E-state index < -0.39 is 18.3 Å². The van der Waals surface area contributed by atoms with E-state index in [0.29, 0.717) is 31.9 Å². The maximum absolute atomic E-state index is 12.4.